The molecule has 1 fully saturated rings. The molecule has 0 unspecified atom stereocenters. The first-order valence-corrected chi connectivity index (χ1v) is 10.9. The van der Waals surface area contributed by atoms with Gasteiger partial charge in [-0.1, -0.05) is 18.2 Å². The lowest BCUT2D eigenvalue weighted by Crippen LogP contribution is -2.40. The number of nitrogens with zero attached hydrogens (tertiary/aromatic N) is 1. The summed E-state index contributed by atoms with van der Waals surface area (Å²) in [5.74, 6) is 1.56. The van der Waals surface area contributed by atoms with Crippen LogP contribution in [0.3, 0.4) is 0 Å². The molecule has 6 heteroatoms. The molecule has 1 aliphatic heterocycles. The maximum absolute atomic E-state index is 12.8. The van der Waals surface area contributed by atoms with Gasteiger partial charge in [-0.3, -0.25) is 0 Å². The largest absolute Gasteiger partial charge is 0.497 e. The number of sulfone groups is 1. The lowest BCUT2D eigenvalue weighted by Gasteiger charge is -2.31. The fourth-order valence-electron chi connectivity index (χ4n) is 3.40. The van der Waals surface area contributed by atoms with Gasteiger partial charge in [0.15, 0.2) is 9.84 Å². The molecule has 5 nitrogen and oxygen atoms in total. The summed E-state index contributed by atoms with van der Waals surface area (Å²) in [6.45, 7) is 3.23. The third-order valence-corrected chi connectivity index (χ3v) is 7.27. The molecule has 1 saturated heterocycles. The van der Waals surface area contributed by atoms with E-state index in [0.29, 0.717) is 30.1 Å². The van der Waals surface area contributed by atoms with Crippen LogP contribution in [0.4, 0.5) is 0 Å². The van der Waals surface area contributed by atoms with Gasteiger partial charge in [-0.2, -0.15) is 0 Å². The highest BCUT2D eigenvalue weighted by Crippen LogP contribution is 2.26. The van der Waals surface area contributed by atoms with Crippen molar-refractivity contribution in [3.8, 4) is 11.5 Å². The number of benzene rings is 2. The highest BCUT2D eigenvalue weighted by molar-refractivity contribution is 7.92. The molecule has 146 valence electrons. The Balaban J connectivity index is 1.43. The van der Waals surface area contributed by atoms with E-state index in [0.717, 1.165) is 31.8 Å². The Morgan fingerprint density at radius 1 is 0.963 bits per heavy atom. The Kier molecular flexibility index (Phi) is 6.74. The average Bonchev–Trinajstić information content (AvgIpc) is 2.72. The van der Waals surface area contributed by atoms with E-state index in [9.17, 15) is 8.42 Å². The molecule has 0 aliphatic carbocycles. The zero-order valence-corrected chi connectivity index (χ0v) is 16.5. The van der Waals surface area contributed by atoms with Crippen molar-refractivity contribution in [2.75, 3.05) is 33.4 Å². The molecule has 2 aromatic rings. The Labute approximate surface area is 161 Å². The van der Waals surface area contributed by atoms with Crippen molar-refractivity contribution in [2.45, 2.75) is 29.4 Å². The Hall–Kier alpha value is -2.05. The van der Waals surface area contributed by atoms with E-state index in [-0.39, 0.29) is 5.25 Å². The summed E-state index contributed by atoms with van der Waals surface area (Å²) in [6, 6.07) is 16.5. The minimum atomic E-state index is -3.28. The second-order valence-corrected chi connectivity index (χ2v) is 9.00. The monoisotopic (exact) mass is 389 g/mol. The van der Waals surface area contributed by atoms with Crippen LogP contribution in [-0.4, -0.2) is 51.9 Å². The fourth-order valence-corrected chi connectivity index (χ4v) is 5.13. The Morgan fingerprint density at radius 2 is 1.63 bits per heavy atom. The molecule has 27 heavy (non-hydrogen) atoms. The standard InChI is InChI=1S/C21H27NO4S/c1-25-18-8-10-20(11-9-18)27(23,24)21-12-15-22(16-13-21)14-5-17-26-19-6-3-2-4-7-19/h2-4,6-11,21H,5,12-17H2,1H3. The van der Waals surface area contributed by atoms with E-state index >= 15 is 0 Å². The highest BCUT2D eigenvalue weighted by atomic mass is 32.2. The molecule has 0 aromatic heterocycles. The number of hydrogen-bond donors (Lipinski definition) is 0. The maximum Gasteiger partial charge on any atom is 0.181 e. The van der Waals surface area contributed by atoms with E-state index in [1.165, 1.54) is 0 Å². The molecule has 1 heterocycles. The molecule has 0 spiro atoms. The Morgan fingerprint density at radius 3 is 2.26 bits per heavy atom. The van der Waals surface area contributed by atoms with Gasteiger partial charge < -0.3 is 14.4 Å². The second kappa shape index (κ2) is 9.24. The number of likely N-dealkylation sites (tertiary alicyclic amines) is 1. The highest BCUT2D eigenvalue weighted by Gasteiger charge is 2.31. The molecule has 0 saturated carbocycles. The molecule has 0 amide bonds. The van der Waals surface area contributed by atoms with Crippen LogP contribution in [0.2, 0.25) is 0 Å². The van der Waals surface area contributed by atoms with Crippen molar-refractivity contribution in [3.05, 3.63) is 54.6 Å². The average molecular weight is 390 g/mol. The first kappa shape index (κ1) is 19.7. The van der Waals surface area contributed by atoms with Gasteiger partial charge in [-0.05, 0) is 68.8 Å². The molecule has 0 bridgehead atoms. The number of para-hydroxylation sites is 1. The van der Waals surface area contributed by atoms with E-state index < -0.39 is 9.84 Å². The zero-order valence-electron chi connectivity index (χ0n) is 15.7. The van der Waals surface area contributed by atoms with Gasteiger partial charge in [0.05, 0.1) is 23.9 Å². The SMILES string of the molecule is COc1ccc(S(=O)(=O)C2CCN(CCCOc3ccccc3)CC2)cc1. The number of methoxy groups -OCH3 is 1. The van der Waals surface area contributed by atoms with Crippen molar-refractivity contribution in [2.24, 2.45) is 0 Å². The number of ether oxygens (including phenoxy) is 2. The summed E-state index contributed by atoms with van der Waals surface area (Å²) in [4.78, 5) is 2.71. The van der Waals surface area contributed by atoms with Crippen LogP contribution in [0.1, 0.15) is 19.3 Å². The normalized spacial score (nSPS) is 16.2. The van der Waals surface area contributed by atoms with Gasteiger partial charge in [0.1, 0.15) is 11.5 Å². The minimum absolute atomic E-state index is 0.303. The van der Waals surface area contributed by atoms with E-state index in [1.807, 2.05) is 30.3 Å². The number of hydrogen-bond acceptors (Lipinski definition) is 5. The van der Waals surface area contributed by atoms with Gasteiger partial charge >= 0.3 is 0 Å². The zero-order chi connectivity index (χ0) is 19.1. The van der Waals surface area contributed by atoms with Crippen LogP contribution in [0.5, 0.6) is 11.5 Å². The molecular formula is C21H27NO4S. The molecule has 0 atom stereocenters. The number of rotatable bonds is 8. The minimum Gasteiger partial charge on any atom is -0.497 e. The number of piperidine rings is 1. The molecular weight excluding hydrogens is 362 g/mol. The predicted octanol–water partition coefficient (Wildman–Crippen LogP) is 3.40. The summed E-state index contributed by atoms with van der Waals surface area (Å²) in [7, 11) is -1.71. The maximum atomic E-state index is 12.8. The van der Waals surface area contributed by atoms with Gasteiger partial charge in [0.25, 0.3) is 0 Å². The van der Waals surface area contributed by atoms with Crippen LogP contribution in [0.15, 0.2) is 59.5 Å². The summed E-state index contributed by atoms with van der Waals surface area (Å²) in [6.07, 6.45) is 2.28. The predicted molar refractivity (Wildman–Crippen MR) is 106 cm³/mol. The smallest absolute Gasteiger partial charge is 0.181 e. The summed E-state index contributed by atoms with van der Waals surface area (Å²) >= 11 is 0. The van der Waals surface area contributed by atoms with Crippen molar-refractivity contribution < 1.29 is 17.9 Å². The van der Waals surface area contributed by atoms with Crippen molar-refractivity contribution in [1.82, 2.24) is 4.90 Å². The van der Waals surface area contributed by atoms with Crippen LogP contribution in [0.25, 0.3) is 0 Å². The first-order valence-electron chi connectivity index (χ1n) is 9.38. The van der Waals surface area contributed by atoms with Crippen LogP contribution < -0.4 is 9.47 Å². The lowest BCUT2D eigenvalue weighted by atomic mass is 10.1. The molecule has 0 N–H and O–H groups in total. The van der Waals surface area contributed by atoms with E-state index in [1.54, 1.807) is 31.4 Å². The second-order valence-electron chi connectivity index (χ2n) is 6.78. The molecule has 1 aliphatic rings. The summed E-state index contributed by atoms with van der Waals surface area (Å²) < 4.78 is 36.5. The van der Waals surface area contributed by atoms with Crippen molar-refractivity contribution in [1.29, 1.82) is 0 Å². The third kappa shape index (κ3) is 5.23. The van der Waals surface area contributed by atoms with Crippen LogP contribution in [-0.2, 0) is 9.84 Å². The summed E-state index contributed by atoms with van der Waals surface area (Å²) in [5, 5.41) is -0.303. The Bertz CT molecular complexity index is 798. The first-order chi connectivity index (χ1) is 13.1. The van der Waals surface area contributed by atoms with Crippen molar-refractivity contribution in [3.63, 3.8) is 0 Å². The molecule has 0 radical (unpaired) electrons. The third-order valence-electron chi connectivity index (χ3n) is 4.99. The van der Waals surface area contributed by atoms with Crippen molar-refractivity contribution >= 4 is 9.84 Å². The molecule has 3 rings (SSSR count). The van der Waals surface area contributed by atoms with Crippen LogP contribution in [0, 0.1) is 0 Å². The van der Waals surface area contributed by atoms with Gasteiger partial charge in [0, 0.05) is 6.54 Å². The fraction of sp³-hybridized carbons (Fsp3) is 0.429. The molecule has 2 aromatic carbocycles. The summed E-state index contributed by atoms with van der Waals surface area (Å²) in [5.41, 5.74) is 0. The van der Waals surface area contributed by atoms with Gasteiger partial charge in [-0.25, -0.2) is 8.42 Å². The van der Waals surface area contributed by atoms with E-state index in [2.05, 4.69) is 4.90 Å². The van der Waals surface area contributed by atoms with Crippen LogP contribution >= 0.6 is 0 Å². The van der Waals surface area contributed by atoms with Gasteiger partial charge in [-0.15, -0.1) is 0 Å². The van der Waals surface area contributed by atoms with E-state index in [4.69, 9.17) is 9.47 Å². The quantitative estimate of drug-likeness (QED) is 0.648. The lowest BCUT2D eigenvalue weighted by molar-refractivity contribution is 0.206. The van der Waals surface area contributed by atoms with Gasteiger partial charge in [0.2, 0.25) is 0 Å². The topological polar surface area (TPSA) is 55.8 Å².